The maximum atomic E-state index is 10.1. The van der Waals surface area contributed by atoms with Crippen molar-refractivity contribution < 1.29 is 9.84 Å². The fourth-order valence-electron chi connectivity index (χ4n) is 2.60. The van der Waals surface area contributed by atoms with Gasteiger partial charge in [-0.3, -0.25) is 4.90 Å². The summed E-state index contributed by atoms with van der Waals surface area (Å²) in [6.07, 6.45) is 0.208. The highest BCUT2D eigenvalue weighted by Crippen LogP contribution is 2.45. The molecule has 2 aliphatic heterocycles. The molecule has 1 aromatic rings. The summed E-state index contributed by atoms with van der Waals surface area (Å²) in [5.41, 5.74) is 1.85. The van der Waals surface area contributed by atoms with Crippen molar-refractivity contribution in [1.29, 1.82) is 0 Å². The Kier molecular flexibility index (Phi) is 3.01. The van der Waals surface area contributed by atoms with Crippen molar-refractivity contribution >= 4 is 0 Å². The van der Waals surface area contributed by atoms with Gasteiger partial charge in [0.1, 0.15) is 18.1 Å². The van der Waals surface area contributed by atoms with E-state index in [4.69, 9.17) is 4.74 Å². The Morgan fingerprint density at radius 1 is 1.22 bits per heavy atom. The normalized spacial score (nSPS) is 29.4. The van der Waals surface area contributed by atoms with Gasteiger partial charge in [0.15, 0.2) is 0 Å². The van der Waals surface area contributed by atoms with Gasteiger partial charge in [-0.15, -0.1) is 0 Å². The van der Waals surface area contributed by atoms with Gasteiger partial charge in [0.25, 0.3) is 0 Å². The van der Waals surface area contributed by atoms with Crippen LogP contribution in [-0.2, 0) is 4.74 Å². The predicted octanol–water partition coefficient (Wildman–Crippen LogP) is 1.35. The number of hydrogen-bond donors (Lipinski definition) is 1. The number of para-hydroxylation sites is 1. The average Bonchev–Trinajstić information content (AvgIpc) is 3.14. The lowest BCUT2D eigenvalue weighted by atomic mass is 10.1. The lowest BCUT2D eigenvalue weighted by molar-refractivity contribution is 0.105. The molecule has 0 spiro atoms. The number of ether oxygens (including phenoxy) is 1. The number of epoxide rings is 1. The van der Waals surface area contributed by atoms with Crippen LogP contribution in [0.2, 0.25) is 0 Å². The molecule has 2 unspecified atom stereocenters. The van der Waals surface area contributed by atoms with Crippen LogP contribution < -0.4 is 0 Å². The van der Waals surface area contributed by atoms with Gasteiger partial charge in [0, 0.05) is 31.7 Å². The van der Waals surface area contributed by atoms with Crippen LogP contribution in [0.25, 0.3) is 0 Å². The van der Waals surface area contributed by atoms with E-state index in [0.717, 1.165) is 37.3 Å². The van der Waals surface area contributed by atoms with Crippen LogP contribution in [0.4, 0.5) is 0 Å². The van der Waals surface area contributed by atoms with Crippen molar-refractivity contribution in [3.63, 3.8) is 0 Å². The molecule has 1 N–H and O–H groups in total. The van der Waals surface area contributed by atoms with Gasteiger partial charge >= 0.3 is 0 Å². The van der Waals surface area contributed by atoms with Gasteiger partial charge in [0.05, 0.1) is 0 Å². The maximum absolute atomic E-state index is 10.1. The molecule has 4 nitrogen and oxygen atoms in total. The summed E-state index contributed by atoms with van der Waals surface area (Å²) < 4.78 is 5.76. The number of aromatic hydroxyl groups is 1. The minimum absolute atomic E-state index is 0.0494. The first-order chi connectivity index (χ1) is 8.66. The summed E-state index contributed by atoms with van der Waals surface area (Å²) in [5.74, 6) is 0.388. The number of benzene rings is 1. The van der Waals surface area contributed by atoms with Crippen molar-refractivity contribution in [2.75, 3.05) is 33.2 Å². The highest BCUT2D eigenvalue weighted by atomic mass is 16.6. The number of aryl methyl sites for hydroxylation is 1. The van der Waals surface area contributed by atoms with Gasteiger partial charge < -0.3 is 14.7 Å². The van der Waals surface area contributed by atoms with E-state index in [9.17, 15) is 5.11 Å². The molecule has 98 valence electrons. The zero-order valence-corrected chi connectivity index (χ0v) is 11.0. The van der Waals surface area contributed by atoms with Crippen LogP contribution in [0.5, 0.6) is 5.75 Å². The predicted molar refractivity (Wildman–Crippen MR) is 69.5 cm³/mol. The largest absolute Gasteiger partial charge is 0.507 e. The Bertz CT molecular complexity index is 441. The zero-order chi connectivity index (χ0) is 12.7. The molecule has 0 aromatic heterocycles. The minimum Gasteiger partial charge on any atom is -0.507 e. The number of hydrogen-bond acceptors (Lipinski definition) is 4. The van der Waals surface area contributed by atoms with Crippen LogP contribution in [-0.4, -0.2) is 54.4 Å². The molecule has 0 radical (unpaired) electrons. The van der Waals surface area contributed by atoms with Crippen molar-refractivity contribution in [2.45, 2.75) is 19.3 Å². The second kappa shape index (κ2) is 4.53. The number of rotatable bonds is 2. The molecular weight excluding hydrogens is 228 g/mol. The van der Waals surface area contributed by atoms with Crippen molar-refractivity contribution in [3.05, 3.63) is 29.3 Å². The topological polar surface area (TPSA) is 39.2 Å². The lowest BCUT2D eigenvalue weighted by Crippen LogP contribution is -2.45. The Hall–Kier alpha value is -1.10. The van der Waals surface area contributed by atoms with Gasteiger partial charge in [-0.25, -0.2) is 0 Å². The first kappa shape index (κ1) is 12.0. The van der Waals surface area contributed by atoms with Gasteiger partial charge in [0.2, 0.25) is 0 Å². The maximum Gasteiger partial charge on any atom is 0.142 e. The van der Waals surface area contributed by atoms with E-state index in [0.29, 0.717) is 5.75 Å². The summed E-state index contributed by atoms with van der Waals surface area (Å²) in [6, 6.07) is 5.86. The first-order valence-corrected chi connectivity index (χ1v) is 6.53. The smallest absolute Gasteiger partial charge is 0.142 e. The monoisotopic (exact) mass is 248 g/mol. The highest BCUT2D eigenvalue weighted by Gasteiger charge is 2.46. The Labute approximate surface area is 108 Å². The Morgan fingerprint density at radius 3 is 2.67 bits per heavy atom. The standard InChI is InChI=1S/C14H20N2O2/c1-10-4-3-5-11(12(10)17)13-14(18-13)16-8-6-15(2)7-9-16/h3-5,13-14,17H,6-9H2,1-2H3. The third-order valence-corrected chi connectivity index (χ3v) is 3.94. The second-order valence-corrected chi connectivity index (χ2v) is 5.30. The summed E-state index contributed by atoms with van der Waals surface area (Å²) in [5, 5.41) is 10.1. The number of phenolic OH excluding ortho intramolecular Hbond substituents is 1. The van der Waals surface area contributed by atoms with E-state index in [1.165, 1.54) is 0 Å². The van der Waals surface area contributed by atoms with Crippen molar-refractivity contribution in [3.8, 4) is 5.75 Å². The molecule has 3 rings (SSSR count). The van der Waals surface area contributed by atoms with E-state index >= 15 is 0 Å². The van der Waals surface area contributed by atoms with Crippen LogP contribution in [0, 0.1) is 6.92 Å². The van der Waals surface area contributed by atoms with Gasteiger partial charge in [-0.1, -0.05) is 18.2 Å². The van der Waals surface area contributed by atoms with E-state index in [1.54, 1.807) is 0 Å². The summed E-state index contributed by atoms with van der Waals surface area (Å²) in [4.78, 5) is 4.70. The van der Waals surface area contributed by atoms with Gasteiger partial charge in [-0.05, 0) is 19.5 Å². The number of piperazine rings is 1. The van der Waals surface area contributed by atoms with E-state index in [-0.39, 0.29) is 12.3 Å². The molecule has 0 amide bonds. The van der Waals surface area contributed by atoms with Crippen LogP contribution in [0.3, 0.4) is 0 Å². The molecule has 0 aliphatic carbocycles. The SMILES string of the molecule is Cc1cccc(C2OC2N2CCN(C)CC2)c1O. The Balaban J connectivity index is 1.68. The van der Waals surface area contributed by atoms with Crippen LogP contribution >= 0.6 is 0 Å². The molecule has 0 saturated carbocycles. The summed E-state index contributed by atoms with van der Waals surface area (Å²) >= 11 is 0. The first-order valence-electron chi connectivity index (χ1n) is 6.53. The van der Waals surface area contributed by atoms with E-state index in [1.807, 2.05) is 25.1 Å². The van der Waals surface area contributed by atoms with Crippen LogP contribution in [0.15, 0.2) is 18.2 Å². The quantitative estimate of drug-likeness (QED) is 0.802. The fraction of sp³-hybridized carbons (Fsp3) is 0.571. The second-order valence-electron chi connectivity index (χ2n) is 5.30. The third-order valence-electron chi connectivity index (χ3n) is 3.94. The van der Waals surface area contributed by atoms with E-state index in [2.05, 4.69) is 16.8 Å². The molecule has 2 aliphatic rings. The minimum atomic E-state index is 0.0494. The van der Waals surface area contributed by atoms with Gasteiger partial charge in [-0.2, -0.15) is 0 Å². The highest BCUT2D eigenvalue weighted by molar-refractivity contribution is 5.42. The zero-order valence-electron chi connectivity index (χ0n) is 11.0. The number of phenols is 1. The van der Waals surface area contributed by atoms with Crippen molar-refractivity contribution in [1.82, 2.24) is 9.80 Å². The third kappa shape index (κ3) is 2.11. The Morgan fingerprint density at radius 2 is 1.94 bits per heavy atom. The van der Waals surface area contributed by atoms with Crippen molar-refractivity contribution in [2.24, 2.45) is 0 Å². The molecule has 4 heteroatoms. The summed E-state index contributed by atoms with van der Waals surface area (Å²) in [7, 11) is 2.15. The summed E-state index contributed by atoms with van der Waals surface area (Å²) in [6.45, 7) is 6.19. The molecule has 1 aromatic carbocycles. The fourth-order valence-corrected chi connectivity index (χ4v) is 2.60. The number of likely N-dealkylation sites (N-methyl/N-ethyl adjacent to an activating group) is 1. The average molecular weight is 248 g/mol. The molecule has 18 heavy (non-hydrogen) atoms. The molecule has 2 heterocycles. The van der Waals surface area contributed by atoms with Crippen LogP contribution in [0.1, 0.15) is 17.2 Å². The number of nitrogens with zero attached hydrogens (tertiary/aromatic N) is 2. The molecule has 2 atom stereocenters. The molecular formula is C14H20N2O2. The molecule has 2 saturated heterocycles. The molecule has 2 fully saturated rings. The molecule has 0 bridgehead atoms. The van der Waals surface area contributed by atoms with E-state index < -0.39 is 0 Å². The lowest BCUT2D eigenvalue weighted by Gasteiger charge is -2.31.